The van der Waals surface area contributed by atoms with Crippen LogP contribution in [0.1, 0.15) is 11.4 Å². The molecule has 2 rings (SSSR count). The molecule has 0 radical (unpaired) electrons. The number of rotatable bonds is 4. The maximum Gasteiger partial charge on any atom is 0.170 e. The molecule has 0 bridgehead atoms. The fraction of sp³-hybridized carbons (Fsp3) is 0.273. The van der Waals surface area contributed by atoms with Crippen LogP contribution in [-0.4, -0.2) is 14.8 Å². The monoisotopic (exact) mass is 236 g/mol. The third-order valence-electron chi connectivity index (χ3n) is 2.42. The number of ether oxygens (including phenoxy) is 1. The minimum Gasteiger partial charge on any atom is -0.482 e. The summed E-state index contributed by atoms with van der Waals surface area (Å²) in [5.41, 5.74) is 6.15. The molecule has 0 amide bonds. The van der Waals surface area contributed by atoms with E-state index in [1.807, 2.05) is 0 Å². The van der Waals surface area contributed by atoms with E-state index in [1.54, 1.807) is 30.1 Å². The first-order chi connectivity index (χ1) is 8.22. The van der Waals surface area contributed by atoms with Gasteiger partial charge in [-0.2, -0.15) is 0 Å². The highest BCUT2D eigenvalue weighted by Gasteiger charge is 2.10. The zero-order valence-electron chi connectivity index (χ0n) is 9.43. The van der Waals surface area contributed by atoms with Crippen LogP contribution in [0.2, 0.25) is 0 Å². The van der Waals surface area contributed by atoms with Crippen molar-refractivity contribution in [2.75, 3.05) is 0 Å². The largest absolute Gasteiger partial charge is 0.482 e. The van der Waals surface area contributed by atoms with Gasteiger partial charge < -0.3 is 15.0 Å². The second kappa shape index (κ2) is 4.92. The highest BCUT2D eigenvalue weighted by Crippen LogP contribution is 2.22. The number of aryl methyl sites for hydroxylation is 1. The van der Waals surface area contributed by atoms with E-state index >= 15 is 0 Å². The normalized spacial score (nSPS) is 10.5. The van der Waals surface area contributed by atoms with Gasteiger partial charge in [-0.25, -0.2) is 4.39 Å². The van der Waals surface area contributed by atoms with Crippen molar-refractivity contribution in [2.45, 2.75) is 13.2 Å². The smallest absolute Gasteiger partial charge is 0.170 e. The summed E-state index contributed by atoms with van der Waals surface area (Å²) in [7, 11) is 1.80. The number of hydrogen-bond acceptors (Lipinski definition) is 4. The fourth-order valence-electron chi connectivity index (χ4n) is 1.45. The summed E-state index contributed by atoms with van der Waals surface area (Å²) in [6, 6.07) is 4.67. The van der Waals surface area contributed by atoms with Crippen molar-refractivity contribution in [3.8, 4) is 5.75 Å². The van der Waals surface area contributed by atoms with E-state index in [-0.39, 0.29) is 18.9 Å². The third kappa shape index (κ3) is 2.42. The molecular formula is C11H13FN4O. The number of para-hydroxylation sites is 1. The zero-order valence-corrected chi connectivity index (χ0v) is 9.43. The quantitative estimate of drug-likeness (QED) is 0.859. The maximum absolute atomic E-state index is 13.5. The van der Waals surface area contributed by atoms with Gasteiger partial charge in [0, 0.05) is 19.2 Å². The van der Waals surface area contributed by atoms with E-state index in [4.69, 9.17) is 10.5 Å². The number of halogens is 1. The molecule has 2 N–H and O–H groups in total. The van der Waals surface area contributed by atoms with Gasteiger partial charge in [0.05, 0.1) is 0 Å². The molecule has 0 fully saturated rings. The number of benzene rings is 1. The van der Waals surface area contributed by atoms with Crippen molar-refractivity contribution < 1.29 is 9.13 Å². The van der Waals surface area contributed by atoms with Gasteiger partial charge in [-0.15, -0.1) is 10.2 Å². The minimum atomic E-state index is -0.421. The second-order valence-corrected chi connectivity index (χ2v) is 3.58. The van der Waals surface area contributed by atoms with Crippen molar-refractivity contribution in [2.24, 2.45) is 12.8 Å². The summed E-state index contributed by atoms with van der Waals surface area (Å²) in [5, 5.41) is 7.56. The molecule has 1 aromatic heterocycles. The molecule has 17 heavy (non-hydrogen) atoms. The van der Waals surface area contributed by atoms with Crippen LogP contribution in [0.15, 0.2) is 24.5 Å². The molecule has 0 atom stereocenters. The van der Waals surface area contributed by atoms with Gasteiger partial charge in [0.25, 0.3) is 0 Å². The first kappa shape index (κ1) is 11.5. The van der Waals surface area contributed by atoms with Gasteiger partial charge in [-0.3, -0.25) is 0 Å². The molecule has 2 aromatic rings. The molecule has 0 aliphatic rings. The molecule has 1 heterocycles. The lowest BCUT2D eigenvalue weighted by Crippen LogP contribution is -2.07. The van der Waals surface area contributed by atoms with Crippen LogP contribution in [0, 0.1) is 5.82 Å². The number of hydrogen-bond donors (Lipinski definition) is 1. The number of nitrogens with zero attached hydrogens (tertiary/aromatic N) is 3. The lowest BCUT2D eigenvalue weighted by Gasteiger charge is -2.10. The first-order valence-corrected chi connectivity index (χ1v) is 5.15. The third-order valence-corrected chi connectivity index (χ3v) is 2.42. The van der Waals surface area contributed by atoms with Crippen molar-refractivity contribution in [1.82, 2.24) is 14.8 Å². The van der Waals surface area contributed by atoms with E-state index in [1.165, 1.54) is 6.07 Å². The number of aromatic nitrogens is 3. The van der Waals surface area contributed by atoms with Crippen molar-refractivity contribution >= 4 is 0 Å². The molecule has 0 aliphatic heterocycles. The highest BCUT2D eigenvalue weighted by molar-refractivity contribution is 5.34. The molecular weight excluding hydrogens is 223 g/mol. The van der Waals surface area contributed by atoms with E-state index in [0.29, 0.717) is 11.4 Å². The van der Waals surface area contributed by atoms with Gasteiger partial charge >= 0.3 is 0 Å². The molecule has 6 heteroatoms. The molecule has 5 nitrogen and oxygen atoms in total. The van der Waals surface area contributed by atoms with Gasteiger partial charge in [0.1, 0.15) is 12.9 Å². The summed E-state index contributed by atoms with van der Waals surface area (Å²) in [4.78, 5) is 0. The lowest BCUT2D eigenvalue weighted by molar-refractivity contribution is 0.274. The summed E-state index contributed by atoms with van der Waals surface area (Å²) in [6.07, 6.45) is 1.56. The lowest BCUT2D eigenvalue weighted by atomic mass is 10.2. The van der Waals surface area contributed by atoms with Crippen LogP contribution >= 0.6 is 0 Å². The van der Waals surface area contributed by atoms with Crippen molar-refractivity contribution in [3.05, 3.63) is 41.7 Å². The average molecular weight is 236 g/mol. The van der Waals surface area contributed by atoms with Crippen LogP contribution in [0.5, 0.6) is 5.75 Å². The topological polar surface area (TPSA) is 66.0 Å². The van der Waals surface area contributed by atoms with Crippen LogP contribution in [0.3, 0.4) is 0 Å². The Bertz CT molecular complexity index is 512. The maximum atomic E-state index is 13.5. The Hall–Kier alpha value is -1.95. The molecule has 0 spiro atoms. The van der Waals surface area contributed by atoms with Crippen LogP contribution in [0.25, 0.3) is 0 Å². The summed E-state index contributed by atoms with van der Waals surface area (Å²) < 4.78 is 20.7. The van der Waals surface area contributed by atoms with Gasteiger partial charge in [-0.05, 0) is 6.07 Å². The molecule has 0 saturated heterocycles. The van der Waals surface area contributed by atoms with Gasteiger partial charge in [-0.1, -0.05) is 12.1 Å². The number of nitrogens with two attached hydrogens (primary N) is 1. The van der Waals surface area contributed by atoms with E-state index < -0.39 is 5.82 Å². The fourth-order valence-corrected chi connectivity index (χ4v) is 1.45. The predicted octanol–water partition coefficient (Wildman–Crippen LogP) is 0.992. The van der Waals surface area contributed by atoms with Crippen LogP contribution in [-0.2, 0) is 20.2 Å². The van der Waals surface area contributed by atoms with Crippen molar-refractivity contribution in [1.29, 1.82) is 0 Å². The van der Waals surface area contributed by atoms with Crippen LogP contribution < -0.4 is 10.5 Å². The van der Waals surface area contributed by atoms with E-state index in [9.17, 15) is 4.39 Å². The summed E-state index contributed by atoms with van der Waals surface area (Å²) >= 11 is 0. The standard InChI is InChI=1S/C11H13FN4O/c1-16-7-14-15-10(16)6-17-11-8(5-13)3-2-4-9(11)12/h2-4,7H,5-6,13H2,1H3. The average Bonchev–Trinajstić information content (AvgIpc) is 2.73. The van der Waals surface area contributed by atoms with Gasteiger partial charge in [0.2, 0.25) is 0 Å². The summed E-state index contributed by atoms with van der Waals surface area (Å²) in [6.45, 7) is 0.385. The Morgan fingerprint density at radius 1 is 1.47 bits per heavy atom. The SMILES string of the molecule is Cn1cnnc1COc1c(F)cccc1CN. The molecule has 0 saturated carbocycles. The van der Waals surface area contributed by atoms with E-state index in [2.05, 4.69) is 10.2 Å². The Balaban J connectivity index is 2.16. The van der Waals surface area contributed by atoms with Crippen molar-refractivity contribution in [3.63, 3.8) is 0 Å². The highest BCUT2D eigenvalue weighted by atomic mass is 19.1. The predicted molar refractivity (Wildman–Crippen MR) is 59.6 cm³/mol. The Kier molecular flexibility index (Phi) is 3.34. The first-order valence-electron chi connectivity index (χ1n) is 5.15. The molecule has 0 unspecified atom stereocenters. The molecule has 0 aliphatic carbocycles. The molecule has 1 aromatic carbocycles. The van der Waals surface area contributed by atoms with E-state index in [0.717, 1.165) is 0 Å². The second-order valence-electron chi connectivity index (χ2n) is 3.58. The zero-order chi connectivity index (χ0) is 12.3. The Morgan fingerprint density at radius 3 is 2.94 bits per heavy atom. The summed E-state index contributed by atoms with van der Waals surface area (Å²) in [5.74, 6) is 0.379. The molecule has 90 valence electrons. The Morgan fingerprint density at radius 2 is 2.29 bits per heavy atom. The van der Waals surface area contributed by atoms with Crippen LogP contribution in [0.4, 0.5) is 4.39 Å². The van der Waals surface area contributed by atoms with Gasteiger partial charge in [0.15, 0.2) is 17.4 Å². The Labute approximate surface area is 98.0 Å². The minimum absolute atomic E-state index is 0.157.